The van der Waals surface area contributed by atoms with E-state index < -0.39 is 40.6 Å². The van der Waals surface area contributed by atoms with Crippen LogP contribution in [-0.4, -0.2) is 68.2 Å². The summed E-state index contributed by atoms with van der Waals surface area (Å²) in [5, 5.41) is 26.6. The quantitative estimate of drug-likeness (QED) is 0.371. The van der Waals surface area contributed by atoms with Gasteiger partial charge in [0.1, 0.15) is 17.6 Å². The minimum Gasteiger partial charge on any atom is -0.508 e. The number of nitrogens with zero attached hydrogens (tertiary/aromatic N) is 1. The zero-order chi connectivity index (χ0) is 27.3. The molecule has 10 heteroatoms. The summed E-state index contributed by atoms with van der Waals surface area (Å²) < 4.78 is 13.3. The van der Waals surface area contributed by atoms with Gasteiger partial charge in [-0.3, -0.25) is 14.4 Å². The summed E-state index contributed by atoms with van der Waals surface area (Å²) in [6.07, 6.45) is -0.0702. The Morgan fingerprint density at radius 1 is 1.27 bits per heavy atom. The lowest BCUT2D eigenvalue weighted by Crippen LogP contribution is -2.58. The number of phenols is 1. The Kier molecular flexibility index (Phi) is 8.98. The molecule has 1 aliphatic heterocycles. The average molecular weight is 530 g/mol. The fourth-order valence-electron chi connectivity index (χ4n) is 4.28. The zero-order valence-electron chi connectivity index (χ0n) is 21.0. The number of aliphatic hydroxyl groups is 1. The van der Waals surface area contributed by atoms with Crippen molar-refractivity contribution in [2.75, 3.05) is 12.4 Å². The van der Waals surface area contributed by atoms with Crippen LogP contribution < -0.4 is 10.6 Å². The summed E-state index contributed by atoms with van der Waals surface area (Å²) in [4.78, 5) is 40.9. The number of hydrogen-bond acceptors (Lipinski definition) is 6. The molecule has 3 amide bonds. The predicted molar refractivity (Wildman–Crippen MR) is 141 cm³/mol. The number of benzene rings is 2. The van der Waals surface area contributed by atoms with E-state index in [9.17, 15) is 29.0 Å². The first-order chi connectivity index (χ1) is 17.5. The lowest BCUT2D eigenvalue weighted by Gasteiger charge is -2.33. The van der Waals surface area contributed by atoms with Crippen molar-refractivity contribution >= 4 is 29.5 Å². The van der Waals surface area contributed by atoms with Gasteiger partial charge in [0, 0.05) is 28.5 Å². The second-order valence-corrected chi connectivity index (χ2v) is 11.0. The van der Waals surface area contributed by atoms with E-state index in [0.29, 0.717) is 0 Å². The Morgan fingerprint density at radius 3 is 2.59 bits per heavy atom. The molecule has 0 spiro atoms. The molecule has 3 rings (SSSR count). The normalized spacial score (nSPS) is 18.1. The first-order valence-electron chi connectivity index (χ1n) is 11.8. The van der Waals surface area contributed by atoms with E-state index in [1.54, 1.807) is 24.3 Å². The fourth-order valence-corrected chi connectivity index (χ4v) is 5.42. The molecule has 1 aliphatic rings. The third-order valence-electron chi connectivity index (χ3n) is 6.34. The molecular formula is C27H32FN3O5S. The Balaban J connectivity index is 1.90. The summed E-state index contributed by atoms with van der Waals surface area (Å²) in [5.41, 5.74) is 0.791. The molecule has 2 aromatic carbocycles. The molecule has 0 radical (unpaired) electrons. The minimum atomic E-state index is -1.70. The summed E-state index contributed by atoms with van der Waals surface area (Å²) >= 11 is 1.41. The van der Waals surface area contributed by atoms with Crippen LogP contribution in [-0.2, 0) is 16.0 Å². The van der Waals surface area contributed by atoms with E-state index in [0.717, 1.165) is 17.7 Å². The van der Waals surface area contributed by atoms with Crippen molar-refractivity contribution < 1.29 is 29.0 Å². The van der Waals surface area contributed by atoms with E-state index in [-0.39, 0.29) is 41.6 Å². The number of amides is 3. The van der Waals surface area contributed by atoms with Crippen LogP contribution >= 0.6 is 11.8 Å². The third kappa shape index (κ3) is 6.50. The van der Waals surface area contributed by atoms with Crippen LogP contribution in [0.3, 0.4) is 0 Å². The number of hydrogen-bond donors (Lipinski definition) is 4. The van der Waals surface area contributed by atoms with Crippen LogP contribution in [0.15, 0.2) is 55.1 Å². The van der Waals surface area contributed by atoms with E-state index >= 15 is 0 Å². The highest BCUT2D eigenvalue weighted by Crippen LogP contribution is 2.39. The average Bonchev–Trinajstić information content (AvgIpc) is 3.18. The van der Waals surface area contributed by atoms with Gasteiger partial charge in [0.25, 0.3) is 11.8 Å². The summed E-state index contributed by atoms with van der Waals surface area (Å²) in [7, 11) is 0. The highest BCUT2D eigenvalue weighted by atomic mass is 32.2. The summed E-state index contributed by atoms with van der Waals surface area (Å²) in [6.45, 7) is 8.98. The van der Waals surface area contributed by atoms with Gasteiger partial charge in [-0.25, -0.2) is 4.39 Å². The number of thioether (sulfide) groups is 1. The Morgan fingerprint density at radius 2 is 1.95 bits per heavy atom. The van der Waals surface area contributed by atoms with Gasteiger partial charge in [-0.15, -0.1) is 18.3 Å². The van der Waals surface area contributed by atoms with E-state index in [1.165, 1.54) is 29.7 Å². The fraction of sp³-hybridized carbons (Fsp3) is 0.370. The summed E-state index contributed by atoms with van der Waals surface area (Å²) in [5.74, 6) is -2.84. The van der Waals surface area contributed by atoms with Crippen molar-refractivity contribution in [3.8, 4) is 5.75 Å². The molecular weight excluding hydrogens is 497 g/mol. The van der Waals surface area contributed by atoms with Crippen LogP contribution in [0, 0.1) is 12.7 Å². The first kappa shape index (κ1) is 28.2. The zero-order valence-corrected chi connectivity index (χ0v) is 21.8. The van der Waals surface area contributed by atoms with Crippen LogP contribution in [0.25, 0.3) is 0 Å². The van der Waals surface area contributed by atoms with Gasteiger partial charge in [0.15, 0.2) is 6.10 Å². The molecule has 1 saturated heterocycles. The molecule has 2 aromatic rings. The molecule has 0 aliphatic carbocycles. The lowest BCUT2D eigenvalue weighted by atomic mass is 9.96. The van der Waals surface area contributed by atoms with Gasteiger partial charge in [-0.05, 0) is 38.8 Å². The van der Waals surface area contributed by atoms with Gasteiger partial charge in [0.2, 0.25) is 5.91 Å². The standard InChI is InChI=1S/C27H32FN3O5S/c1-5-11-29-25(35)23-27(3,4)37-15-31(23)26(36)22(33)20(12-17-9-7-6-8-10-17)30-24(34)19-13-18(28)14-21(32)16(19)2/h5-10,13-14,20,22-23,32-33H,1,11-12,15H2,2-4H3,(H,29,35)(H,30,34)/t20-,22-,23?/m0/s1. The topological polar surface area (TPSA) is 119 Å². The number of phenolic OH excluding ortho intramolecular Hbond substituents is 1. The van der Waals surface area contributed by atoms with Crippen LogP contribution in [0.1, 0.15) is 35.3 Å². The van der Waals surface area contributed by atoms with Crippen molar-refractivity contribution in [3.63, 3.8) is 0 Å². The van der Waals surface area contributed by atoms with E-state index in [1.807, 2.05) is 19.9 Å². The Hall–Kier alpha value is -3.37. The van der Waals surface area contributed by atoms with E-state index in [2.05, 4.69) is 17.2 Å². The number of halogens is 1. The van der Waals surface area contributed by atoms with Crippen LogP contribution in [0.5, 0.6) is 5.75 Å². The van der Waals surface area contributed by atoms with Crippen LogP contribution in [0.4, 0.5) is 4.39 Å². The first-order valence-corrected chi connectivity index (χ1v) is 12.8. The maximum absolute atomic E-state index is 13.9. The van der Waals surface area contributed by atoms with Gasteiger partial charge >= 0.3 is 0 Å². The highest BCUT2D eigenvalue weighted by molar-refractivity contribution is 8.00. The smallest absolute Gasteiger partial charge is 0.254 e. The molecule has 0 aromatic heterocycles. The van der Waals surface area contributed by atoms with E-state index in [4.69, 9.17) is 0 Å². The van der Waals surface area contributed by atoms with Gasteiger partial charge in [-0.1, -0.05) is 36.4 Å². The molecule has 198 valence electrons. The molecule has 0 saturated carbocycles. The monoisotopic (exact) mass is 529 g/mol. The number of carbonyl (C=O) groups is 3. The molecule has 1 heterocycles. The molecule has 4 N–H and O–H groups in total. The maximum Gasteiger partial charge on any atom is 0.254 e. The molecule has 1 fully saturated rings. The lowest BCUT2D eigenvalue weighted by molar-refractivity contribution is -0.147. The van der Waals surface area contributed by atoms with Crippen molar-refractivity contribution in [2.24, 2.45) is 0 Å². The number of carbonyl (C=O) groups excluding carboxylic acids is 3. The second-order valence-electron chi connectivity index (χ2n) is 9.43. The van der Waals surface area contributed by atoms with Crippen molar-refractivity contribution in [3.05, 3.63) is 77.6 Å². The maximum atomic E-state index is 13.9. The third-order valence-corrected chi connectivity index (χ3v) is 7.71. The van der Waals surface area contributed by atoms with Crippen molar-refractivity contribution in [1.82, 2.24) is 15.5 Å². The predicted octanol–water partition coefficient (Wildman–Crippen LogP) is 2.52. The number of aliphatic hydroxyl groups excluding tert-OH is 1. The van der Waals surface area contributed by atoms with Crippen LogP contribution in [0.2, 0.25) is 0 Å². The molecule has 8 nitrogen and oxygen atoms in total. The molecule has 0 bridgehead atoms. The largest absolute Gasteiger partial charge is 0.508 e. The molecule has 3 atom stereocenters. The Labute approximate surface area is 219 Å². The Bertz CT molecular complexity index is 1170. The van der Waals surface area contributed by atoms with Gasteiger partial charge in [-0.2, -0.15) is 0 Å². The molecule has 37 heavy (non-hydrogen) atoms. The second kappa shape index (κ2) is 11.8. The van der Waals surface area contributed by atoms with Crippen molar-refractivity contribution in [1.29, 1.82) is 0 Å². The minimum absolute atomic E-state index is 0.0948. The van der Waals surface area contributed by atoms with Gasteiger partial charge < -0.3 is 25.7 Å². The highest BCUT2D eigenvalue weighted by Gasteiger charge is 2.49. The summed E-state index contributed by atoms with van der Waals surface area (Å²) in [6, 6.07) is 8.90. The van der Waals surface area contributed by atoms with Crippen molar-refractivity contribution in [2.45, 2.75) is 50.1 Å². The molecule has 1 unspecified atom stereocenters. The SMILES string of the molecule is C=CCNC(=O)C1N(C(=O)[C@@H](O)[C@H](Cc2ccccc2)NC(=O)c2cc(F)cc(O)c2C)CSC1(C)C. The number of aromatic hydroxyl groups is 1. The number of nitrogens with one attached hydrogen (secondary N) is 2. The number of rotatable bonds is 9. The van der Waals surface area contributed by atoms with Gasteiger partial charge in [0.05, 0.1) is 11.9 Å².